The second-order valence-corrected chi connectivity index (χ2v) is 11.0. The number of nitrogens with one attached hydrogen (secondary N) is 2. The maximum absolute atomic E-state index is 15.2. The Morgan fingerprint density at radius 2 is 2.03 bits per heavy atom. The summed E-state index contributed by atoms with van der Waals surface area (Å²) in [5, 5.41) is 8.34. The molecule has 1 saturated heterocycles. The zero-order chi connectivity index (χ0) is 24.8. The molecule has 4 heterocycles. The van der Waals surface area contributed by atoms with Gasteiger partial charge in [-0.25, -0.2) is 17.8 Å². The van der Waals surface area contributed by atoms with Gasteiger partial charge in [0.05, 0.1) is 24.3 Å². The zero-order valence-corrected chi connectivity index (χ0v) is 19.8. The number of hydrogen-bond acceptors (Lipinski definition) is 7. The third kappa shape index (κ3) is 4.74. The van der Waals surface area contributed by atoms with Crippen LogP contribution < -0.4 is 9.46 Å². The quantitative estimate of drug-likeness (QED) is 0.465. The van der Waals surface area contributed by atoms with Gasteiger partial charge in [0.2, 0.25) is 0 Å². The van der Waals surface area contributed by atoms with Crippen LogP contribution in [0.3, 0.4) is 0 Å². The summed E-state index contributed by atoms with van der Waals surface area (Å²) in [5.74, 6) is -2.26. The lowest BCUT2D eigenvalue weighted by Crippen LogP contribution is -2.44. The molecule has 188 valence electrons. The lowest BCUT2D eigenvalue weighted by atomic mass is 9.85. The van der Waals surface area contributed by atoms with Crippen molar-refractivity contribution in [2.75, 3.05) is 17.9 Å². The summed E-state index contributed by atoms with van der Waals surface area (Å²) in [6.45, 7) is 0.336. The lowest BCUT2D eigenvalue weighted by Gasteiger charge is -2.45. The molecule has 8 nitrogen and oxygen atoms in total. The molecule has 0 bridgehead atoms. The molecule has 3 aromatic rings. The van der Waals surface area contributed by atoms with E-state index in [1.54, 1.807) is 11.4 Å². The zero-order valence-electron chi connectivity index (χ0n) is 18.1. The van der Waals surface area contributed by atoms with Crippen molar-refractivity contribution in [2.45, 2.75) is 42.4 Å². The molecule has 2 aliphatic heterocycles. The highest BCUT2D eigenvalue weighted by atomic mass is 32.2. The largest absolute Gasteiger partial charge is 0.493 e. The summed E-state index contributed by atoms with van der Waals surface area (Å²) < 4.78 is 89.2. The SMILES string of the molecule is O=S(=O)(Nc1nccs1)c1cc2c(cc1F)[C@@H](N1CCC(C(F)(F)F)C[C@@H]1c1ccn[nH]1)CCO2. The number of aromatic nitrogens is 3. The molecule has 1 unspecified atom stereocenters. The Morgan fingerprint density at radius 3 is 2.71 bits per heavy atom. The van der Waals surface area contributed by atoms with Crippen LogP contribution in [0, 0.1) is 11.7 Å². The Kier molecular flexibility index (Phi) is 6.21. The van der Waals surface area contributed by atoms with Crippen molar-refractivity contribution in [3.8, 4) is 5.75 Å². The van der Waals surface area contributed by atoms with Crippen LogP contribution in [0.1, 0.15) is 42.6 Å². The number of benzene rings is 1. The number of hydrogen-bond donors (Lipinski definition) is 2. The molecule has 1 aromatic carbocycles. The van der Waals surface area contributed by atoms with Gasteiger partial charge in [-0.15, -0.1) is 11.3 Å². The van der Waals surface area contributed by atoms with Gasteiger partial charge < -0.3 is 4.74 Å². The second kappa shape index (κ2) is 9.06. The number of alkyl halides is 3. The molecule has 2 aliphatic rings. The maximum atomic E-state index is 15.2. The Bertz CT molecular complexity index is 1280. The molecule has 0 aliphatic carbocycles. The van der Waals surface area contributed by atoms with E-state index >= 15 is 4.39 Å². The van der Waals surface area contributed by atoms with E-state index in [1.165, 1.54) is 12.4 Å². The van der Waals surface area contributed by atoms with E-state index in [0.29, 0.717) is 17.7 Å². The first-order valence-corrected chi connectivity index (χ1v) is 13.2. The average molecular weight is 532 g/mol. The predicted octanol–water partition coefficient (Wildman–Crippen LogP) is 4.65. The van der Waals surface area contributed by atoms with E-state index in [9.17, 15) is 21.6 Å². The van der Waals surface area contributed by atoms with Crippen molar-refractivity contribution in [1.82, 2.24) is 20.1 Å². The van der Waals surface area contributed by atoms with Crippen molar-refractivity contribution in [2.24, 2.45) is 5.92 Å². The molecule has 0 amide bonds. The normalized spacial score (nSPS) is 23.5. The van der Waals surface area contributed by atoms with Gasteiger partial charge in [0, 0.05) is 48.4 Å². The number of thiazole rings is 1. The molecule has 0 radical (unpaired) electrons. The number of piperidine rings is 1. The number of fused-ring (bicyclic) bond motifs is 1. The van der Waals surface area contributed by atoms with Gasteiger partial charge in [-0.1, -0.05) is 0 Å². The van der Waals surface area contributed by atoms with Gasteiger partial charge in [-0.05, 0) is 25.0 Å². The molecule has 5 rings (SSSR count). The molecule has 3 atom stereocenters. The molecule has 35 heavy (non-hydrogen) atoms. The molecule has 0 saturated carbocycles. The summed E-state index contributed by atoms with van der Waals surface area (Å²) >= 11 is 1.05. The highest BCUT2D eigenvalue weighted by Gasteiger charge is 2.47. The molecular formula is C21H21F4N5O3S2. The van der Waals surface area contributed by atoms with Crippen LogP contribution in [0.2, 0.25) is 0 Å². The highest BCUT2D eigenvalue weighted by molar-refractivity contribution is 7.93. The van der Waals surface area contributed by atoms with Gasteiger partial charge in [0.25, 0.3) is 10.0 Å². The topological polar surface area (TPSA) is 100 Å². The van der Waals surface area contributed by atoms with Crippen LogP contribution in [-0.4, -0.2) is 47.8 Å². The molecular weight excluding hydrogens is 510 g/mol. The van der Waals surface area contributed by atoms with Crippen LogP contribution in [0.25, 0.3) is 0 Å². The fraction of sp³-hybridized carbons (Fsp3) is 0.429. The first-order valence-electron chi connectivity index (χ1n) is 10.8. The number of ether oxygens (including phenoxy) is 1. The minimum Gasteiger partial charge on any atom is -0.493 e. The van der Waals surface area contributed by atoms with E-state index < -0.39 is 44.9 Å². The van der Waals surface area contributed by atoms with Crippen molar-refractivity contribution in [1.29, 1.82) is 0 Å². The molecule has 2 aromatic heterocycles. The molecule has 1 fully saturated rings. The summed E-state index contributed by atoms with van der Waals surface area (Å²) in [6.07, 6.45) is -1.26. The summed E-state index contributed by atoms with van der Waals surface area (Å²) in [6, 6.07) is 2.79. The Morgan fingerprint density at radius 1 is 1.20 bits per heavy atom. The summed E-state index contributed by atoms with van der Waals surface area (Å²) in [4.78, 5) is 5.16. The Labute approximate surface area is 202 Å². The fourth-order valence-corrected chi connectivity index (χ4v) is 6.64. The smallest absolute Gasteiger partial charge is 0.391 e. The van der Waals surface area contributed by atoms with E-state index in [-0.39, 0.29) is 36.9 Å². The van der Waals surface area contributed by atoms with Crippen molar-refractivity contribution < 1.29 is 30.7 Å². The van der Waals surface area contributed by atoms with Crippen molar-refractivity contribution >= 4 is 26.5 Å². The van der Waals surface area contributed by atoms with Gasteiger partial charge >= 0.3 is 6.18 Å². The number of halogens is 4. The number of sulfonamides is 1. The first kappa shape index (κ1) is 24.0. The average Bonchev–Trinajstić information content (AvgIpc) is 3.51. The van der Waals surface area contributed by atoms with Crippen molar-refractivity contribution in [3.63, 3.8) is 0 Å². The number of anilines is 1. The van der Waals surface area contributed by atoms with E-state index in [2.05, 4.69) is 19.9 Å². The number of H-pyrrole nitrogens is 1. The second-order valence-electron chi connectivity index (χ2n) is 8.44. The molecule has 0 spiro atoms. The third-order valence-electron chi connectivity index (χ3n) is 6.40. The van der Waals surface area contributed by atoms with Crippen molar-refractivity contribution in [3.05, 3.63) is 53.0 Å². The van der Waals surface area contributed by atoms with Crippen LogP contribution in [0.4, 0.5) is 22.7 Å². The lowest BCUT2D eigenvalue weighted by molar-refractivity contribution is -0.192. The highest BCUT2D eigenvalue weighted by Crippen LogP contribution is 2.48. The Balaban J connectivity index is 1.48. The van der Waals surface area contributed by atoms with Crippen LogP contribution >= 0.6 is 11.3 Å². The first-order chi connectivity index (χ1) is 16.6. The van der Waals surface area contributed by atoms with E-state index in [0.717, 1.165) is 23.5 Å². The van der Waals surface area contributed by atoms with E-state index in [4.69, 9.17) is 4.74 Å². The number of aromatic amines is 1. The Hall–Kier alpha value is -2.71. The third-order valence-corrected chi connectivity index (χ3v) is 8.58. The van der Waals surface area contributed by atoms with Gasteiger partial charge in [-0.3, -0.25) is 14.7 Å². The number of rotatable bonds is 5. The maximum Gasteiger partial charge on any atom is 0.391 e. The fourth-order valence-electron chi connectivity index (χ4n) is 4.78. The van der Waals surface area contributed by atoms with Gasteiger partial charge in [0.15, 0.2) is 5.13 Å². The minimum absolute atomic E-state index is 0.0898. The van der Waals surface area contributed by atoms with E-state index in [1.807, 2.05) is 4.90 Å². The van der Waals surface area contributed by atoms with Crippen LogP contribution in [0.15, 0.2) is 40.9 Å². The minimum atomic E-state index is -4.32. The molecule has 14 heteroatoms. The number of nitrogens with zero attached hydrogens (tertiary/aromatic N) is 3. The number of likely N-dealkylation sites (tertiary alicyclic amines) is 1. The van der Waals surface area contributed by atoms with Gasteiger partial charge in [-0.2, -0.15) is 18.3 Å². The predicted molar refractivity (Wildman–Crippen MR) is 119 cm³/mol. The van der Waals surface area contributed by atoms with Gasteiger partial charge in [0.1, 0.15) is 16.5 Å². The summed E-state index contributed by atoms with van der Waals surface area (Å²) in [7, 11) is -4.27. The molecule has 2 N–H and O–H groups in total. The standard InChI is InChI=1S/C21H21F4N5O3S2/c22-14-10-13-16(30-6-2-12(21(23,24)25)9-17(30)15-1-4-27-28-15)3-7-33-18(13)11-19(14)35(31,32)29-20-26-5-8-34-20/h1,4-5,8,10-12,16-17H,2-3,6-7,9H2,(H,26,29)(H,27,28)/t12?,16-,17+/m0/s1. The van der Waals surface area contributed by atoms with Crippen LogP contribution in [0.5, 0.6) is 5.75 Å². The monoisotopic (exact) mass is 531 g/mol. The van der Waals surface area contributed by atoms with Crippen LogP contribution in [-0.2, 0) is 10.0 Å². The summed E-state index contributed by atoms with van der Waals surface area (Å²) in [5.41, 5.74) is 0.941.